The van der Waals surface area contributed by atoms with E-state index >= 15 is 0 Å². The Morgan fingerprint density at radius 2 is 2.14 bits per heavy atom. The highest BCUT2D eigenvalue weighted by Gasteiger charge is 2.21. The zero-order valence-corrected chi connectivity index (χ0v) is 8.89. The Balaban J connectivity index is 2.43. The molecule has 1 aromatic heterocycles. The fourth-order valence-corrected chi connectivity index (χ4v) is 1.45. The Bertz CT molecular complexity index is 388. The maximum atomic E-state index is 4.49. The number of anilines is 1. The van der Waals surface area contributed by atoms with Crippen LogP contribution in [-0.2, 0) is 11.8 Å². The van der Waals surface area contributed by atoms with Gasteiger partial charge in [0.1, 0.15) is 11.6 Å². The largest absolute Gasteiger partial charge is 0.344 e. The van der Waals surface area contributed by atoms with Gasteiger partial charge in [-0.25, -0.2) is 9.97 Å². The van der Waals surface area contributed by atoms with Crippen LogP contribution in [0.3, 0.4) is 0 Å². The van der Waals surface area contributed by atoms with Crippen LogP contribution in [0.25, 0.3) is 0 Å². The number of nitrogens with zero attached hydrogens (tertiary/aromatic N) is 2. The maximum Gasteiger partial charge on any atom is 0.137 e. The summed E-state index contributed by atoms with van der Waals surface area (Å²) in [5.74, 6) is 1.80. The van der Waals surface area contributed by atoms with Crippen LogP contribution in [0, 0.1) is 0 Å². The van der Waals surface area contributed by atoms with Crippen molar-refractivity contribution in [1.82, 2.24) is 9.97 Å². The number of aromatic nitrogens is 2. The molecular formula is C11H15N3. The predicted octanol–water partition coefficient (Wildman–Crippen LogP) is 2.26. The quantitative estimate of drug-likeness (QED) is 0.680. The Hall–Kier alpha value is -1.38. The zero-order chi connectivity index (χ0) is 10.3. The number of allylic oxidation sites excluding steroid dienone is 1. The summed E-state index contributed by atoms with van der Waals surface area (Å²) in [6, 6.07) is 0. The molecule has 0 amide bonds. The number of nitrogens with one attached hydrogen (secondary N) is 1. The van der Waals surface area contributed by atoms with E-state index < -0.39 is 0 Å². The average Bonchev–Trinajstić information content (AvgIpc) is 2.41. The molecule has 1 N–H and O–H groups in total. The molecule has 0 radical (unpaired) electrons. The highest BCUT2D eigenvalue weighted by atomic mass is 15.1. The molecule has 1 aliphatic heterocycles. The molecule has 14 heavy (non-hydrogen) atoms. The second-order valence-electron chi connectivity index (χ2n) is 4.72. The van der Waals surface area contributed by atoms with Gasteiger partial charge in [0.25, 0.3) is 0 Å². The van der Waals surface area contributed by atoms with Crippen molar-refractivity contribution in [2.45, 2.75) is 32.6 Å². The SMILES string of the molecule is C=C1Cc2cnc(C(C)(C)C)nc2N1. The van der Waals surface area contributed by atoms with E-state index in [1.165, 1.54) is 0 Å². The second kappa shape index (κ2) is 2.80. The van der Waals surface area contributed by atoms with Crippen molar-refractivity contribution >= 4 is 5.82 Å². The van der Waals surface area contributed by atoms with Gasteiger partial charge in [0.15, 0.2) is 0 Å². The van der Waals surface area contributed by atoms with Crippen LogP contribution in [0.4, 0.5) is 5.82 Å². The lowest BCUT2D eigenvalue weighted by Crippen LogP contribution is -2.16. The topological polar surface area (TPSA) is 37.8 Å². The van der Waals surface area contributed by atoms with E-state index in [4.69, 9.17) is 0 Å². The molecule has 0 aliphatic carbocycles. The Morgan fingerprint density at radius 3 is 2.79 bits per heavy atom. The molecule has 3 nitrogen and oxygen atoms in total. The van der Waals surface area contributed by atoms with Gasteiger partial charge in [-0.15, -0.1) is 0 Å². The van der Waals surface area contributed by atoms with Gasteiger partial charge in [0, 0.05) is 29.3 Å². The van der Waals surface area contributed by atoms with E-state index in [9.17, 15) is 0 Å². The van der Waals surface area contributed by atoms with Gasteiger partial charge < -0.3 is 5.32 Å². The third kappa shape index (κ3) is 1.50. The van der Waals surface area contributed by atoms with Gasteiger partial charge >= 0.3 is 0 Å². The van der Waals surface area contributed by atoms with E-state index in [-0.39, 0.29) is 5.41 Å². The van der Waals surface area contributed by atoms with Crippen LogP contribution < -0.4 is 5.32 Å². The number of fused-ring (bicyclic) bond motifs is 1. The summed E-state index contributed by atoms with van der Waals surface area (Å²) in [6.07, 6.45) is 2.74. The second-order valence-corrected chi connectivity index (χ2v) is 4.72. The van der Waals surface area contributed by atoms with Crippen molar-refractivity contribution in [2.24, 2.45) is 0 Å². The average molecular weight is 189 g/mol. The molecule has 2 rings (SSSR count). The molecular weight excluding hydrogens is 174 g/mol. The lowest BCUT2D eigenvalue weighted by Gasteiger charge is -2.16. The molecule has 0 saturated carbocycles. The normalized spacial score (nSPS) is 15.2. The highest BCUT2D eigenvalue weighted by molar-refractivity contribution is 5.55. The van der Waals surface area contributed by atoms with Crippen molar-refractivity contribution in [3.8, 4) is 0 Å². The van der Waals surface area contributed by atoms with E-state index in [0.29, 0.717) is 0 Å². The molecule has 0 fully saturated rings. The minimum atomic E-state index is 0.000628. The molecule has 1 aromatic rings. The van der Waals surface area contributed by atoms with Crippen LogP contribution in [0.2, 0.25) is 0 Å². The van der Waals surface area contributed by atoms with Gasteiger partial charge in [0.2, 0.25) is 0 Å². The third-order valence-corrected chi connectivity index (χ3v) is 2.23. The summed E-state index contributed by atoms with van der Waals surface area (Å²) in [6.45, 7) is 10.2. The van der Waals surface area contributed by atoms with Crippen molar-refractivity contribution in [3.63, 3.8) is 0 Å². The van der Waals surface area contributed by atoms with E-state index in [1.54, 1.807) is 0 Å². The molecule has 0 aromatic carbocycles. The number of hydrogen-bond donors (Lipinski definition) is 1. The van der Waals surface area contributed by atoms with Crippen molar-refractivity contribution in [3.05, 3.63) is 29.9 Å². The fourth-order valence-electron chi connectivity index (χ4n) is 1.45. The minimum absolute atomic E-state index is 0.000628. The summed E-state index contributed by atoms with van der Waals surface area (Å²) in [5.41, 5.74) is 2.14. The fraction of sp³-hybridized carbons (Fsp3) is 0.455. The Morgan fingerprint density at radius 1 is 1.43 bits per heavy atom. The summed E-state index contributed by atoms with van der Waals surface area (Å²) in [5, 5.41) is 3.16. The Labute approximate surface area is 84.3 Å². The van der Waals surface area contributed by atoms with Crippen molar-refractivity contribution < 1.29 is 0 Å². The van der Waals surface area contributed by atoms with Gasteiger partial charge in [-0.1, -0.05) is 27.4 Å². The predicted molar refractivity (Wildman–Crippen MR) is 57.2 cm³/mol. The van der Waals surface area contributed by atoms with E-state index in [1.807, 2.05) is 6.20 Å². The number of rotatable bonds is 0. The molecule has 0 unspecified atom stereocenters. The van der Waals surface area contributed by atoms with Gasteiger partial charge in [-0.05, 0) is 0 Å². The van der Waals surface area contributed by atoms with Gasteiger partial charge in [-0.2, -0.15) is 0 Å². The van der Waals surface area contributed by atoms with Crippen molar-refractivity contribution in [1.29, 1.82) is 0 Å². The standard InChI is InChI=1S/C11H15N3/c1-7-5-8-6-12-10(11(2,3)4)14-9(8)13-7/h6H,1,5H2,2-4H3,(H,12,13,14). The smallest absolute Gasteiger partial charge is 0.137 e. The highest BCUT2D eigenvalue weighted by Crippen LogP contribution is 2.27. The molecule has 3 heteroatoms. The molecule has 74 valence electrons. The molecule has 0 saturated heterocycles. The summed E-state index contributed by atoms with van der Waals surface area (Å²) in [4.78, 5) is 8.86. The van der Waals surface area contributed by atoms with Crippen LogP contribution >= 0.6 is 0 Å². The first-order valence-electron chi connectivity index (χ1n) is 4.78. The van der Waals surface area contributed by atoms with Crippen LogP contribution in [-0.4, -0.2) is 9.97 Å². The number of hydrogen-bond acceptors (Lipinski definition) is 3. The van der Waals surface area contributed by atoms with Crippen LogP contribution in [0.1, 0.15) is 32.2 Å². The van der Waals surface area contributed by atoms with Crippen LogP contribution in [0.5, 0.6) is 0 Å². The third-order valence-electron chi connectivity index (χ3n) is 2.23. The molecule has 2 heterocycles. The summed E-state index contributed by atoms with van der Waals surface area (Å²) in [7, 11) is 0. The van der Waals surface area contributed by atoms with Crippen molar-refractivity contribution in [2.75, 3.05) is 5.32 Å². The maximum absolute atomic E-state index is 4.49. The molecule has 1 aliphatic rings. The molecule has 0 spiro atoms. The Kier molecular flexibility index (Phi) is 1.84. The van der Waals surface area contributed by atoms with Crippen LogP contribution in [0.15, 0.2) is 18.5 Å². The van der Waals surface area contributed by atoms with Gasteiger partial charge in [-0.3, -0.25) is 0 Å². The first-order chi connectivity index (χ1) is 6.47. The van der Waals surface area contributed by atoms with E-state index in [0.717, 1.165) is 29.3 Å². The molecule has 0 atom stereocenters. The van der Waals surface area contributed by atoms with E-state index in [2.05, 4.69) is 42.6 Å². The zero-order valence-electron chi connectivity index (χ0n) is 8.89. The lowest BCUT2D eigenvalue weighted by atomic mass is 9.95. The summed E-state index contributed by atoms with van der Waals surface area (Å²) >= 11 is 0. The first kappa shape index (κ1) is 9.19. The first-order valence-corrected chi connectivity index (χ1v) is 4.78. The lowest BCUT2D eigenvalue weighted by molar-refractivity contribution is 0.546. The minimum Gasteiger partial charge on any atom is -0.344 e. The van der Waals surface area contributed by atoms with Gasteiger partial charge in [0.05, 0.1) is 0 Å². The summed E-state index contributed by atoms with van der Waals surface area (Å²) < 4.78 is 0. The molecule has 0 bridgehead atoms. The monoisotopic (exact) mass is 189 g/mol.